The summed E-state index contributed by atoms with van der Waals surface area (Å²) in [5, 5.41) is 23.5. The summed E-state index contributed by atoms with van der Waals surface area (Å²) in [6, 6.07) is 19.2. The summed E-state index contributed by atoms with van der Waals surface area (Å²) >= 11 is 0. The van der Waals surface area contributed by atoms with Gasteiger partial charge in [-0.2, -0.15) is 0 Å². The van der Waals surface area contributed by atoms with Crippen LogP contribution in [-0.2, 0) is 27.4 Å². The molecule has 148 valence electrons. The largest absolute Gasteiger partial charge is 0.393 e. The highest BCUT2D eigenvalue weighted by atomic mass is 16.6. The first-order valence-electron chi connectivity index (χ1n) is 8.98. The van der Waals surface area contributed by atoms with E-state index in [9.17, 15) is 10.2 Å². The molecule has 0 radical (unpaired) electrons. The maximum Gasteiger partial charge on any atom is 0.195 e. The Labute approximate surface area is 162 Å². The van der Waals surface area contributed by atoms with Crippen molar-refractivity contribution in [3.8, 4) is 0 Å². The van der Waals surface area contributed by atoms with Gasteiger partial charge in [0.05, 0.1) is 26.4 Å². The Morgan fingerprint density at radius 3 is 2.14 bits per heavy atom. The van der Waals surface area contributed by atoms with E-state index >= 15 is 0 Å². The molecule has 2 N–H and O–H groups in total. The zero-order chi connectivity index (χ0) is 19.8. The van der Waals surface area contributed by atoms with Crippen LogP contribution in [-0.4, -0.2) is 47.5 Å². The van der Waals surface area contributed by atoms with E-state index < -0.39 is 30.6 Å². The third-order valence-corrected chi connectivity index (χ3v) is 4.60. The monoisotopic (exact) mass is 385 g/mol. The van der Waals surface area contributed by atoms with E-state index in [0.29, 0.717) is 6.61 Å². The van der Waals surface area contributed by atoms with Crippen LogP contribution in [0.3, 0.4) is 0 Å². The first-order chi connectivity index (χ1) is 13.7. The van der Waals surface area contributed by atoms with E-state index in [1.54, 1.807) is 0 Å². The molecule has 1 aliphatic heterocycles. The predicted octanol–water partition coefficient (Wildman–Crippen LogP) is 2.55. The second kappa shape index (κ2) is 9.66. The molecule has 2 aromatic carbocycles. The molecule has 1 fully saturated rings. The van der Waals surface area contributed by atoms with E-state index in [1.807, 2.05) is 60.7 Å². The zero-order valence-corrected chi connectivity index (χ0v) is 15.3. The molecule has 3 rings (SSSR count). The average molecular weight is 385 g/mol. The number of hydrogen-bond acceptors (Lipinski definition) is 6. The predicted molar refractivity (Wildman–Crippen MR) is 101 cm³/mol. The Morgan fingerprint density at radius 2 is 1.61 bits per heavy atom. The van der Waals surface area contributed by atoms with Crippen LogP contribution in [0.15, 0.2) is 65.8 Å². The van der Waals surface area contributed by atoms with E-state index in [4.69, 9.17) is 19.7 Å². The molecule has 1 aliphatic rings. The highest BCUT2D eigenvalue weighted by Gasteiger charge is 2.50. The van der Waals surface area contributed by atoms with Crippen LogP contribution in [0.4, 0.5) is 0 Å². The molecule has 8 heteroatoms. The lowest BCUT2D eigenvalue weighted by atomic mass is 10.0. The van der Waals surface area contributed by atoms with E-state index in [1.165, 1.54) is 0 Å². The number of aliphatic hydroxyl groups is 2. The average Bonchev–Trinajstić information content (AvgIpc) is 3.16. The van der Waals surface area contributed by atoms with Crippen LogP contribution < -0.4 is 0 Å². The first-order valence-corrected chi connectivity index (χ1v) is 8.98. The van der Waals surface area contributed by atoms with Gasteiger partial charge in [0.15, 0.2) is 5.72 Å². The van der Waals surface area contributed by atoms with Crippen molar-refractivity contribution < 1.29 is 24.4 Å². The van der Waals surface area contributed by atoms with Gasteiger partial charge in [0.1, 0.15) is 18.3 Å². The molecule has 0 saturated carbocycles. The summed E-state index contributed by atoms with van der Waals surface area (Å²) in [6.45, 7) is -0.0568. The SMILES string of the molecule is [N-]=[N+]=N[C@](O)(CO)[C@@H]1OC[C@H](OCc2ccccc2)[C@H]1OCc1ccccc1. The van der Waals surface area contributed by atoms with E-state index in [0.717, 1.165) is 11.1 Å². The summed E-state index contributed by atoms with van der Waals surface area (Å²) in [5.41, 5.74) is 8.55. The highest BCUT2D eigenvalue weighted by molar-refractivity contribution is 5.14. The Hall–Kier alpha value is -2.45. The Kier molecular flexibility index (Phi) is 7.00. The topological polar surface area (TPSA) is 117 Å². The van der Waals surface area contributed by atoms with Crippen LogP contribution >= 0.6 is 0 Å². The normalized spacial score (nSPS) is 23.7. The molecular formula is C20H23N3O5. The lowest BCUT2D eigenvalue weighted by Crippen LogP contribution is -2.51. The number of benzene rings is 2. The second-order valence-electron chi connectivity index (χ2n) is 6.58. The fourth-order valence-corrected chi connectivity index (χ4v) is 3.12. The molecule has 1 heterocycles. The third kappa shape index (κ3) is 4.88. The fraction of sp³-hybridized carbons (Fsp3) is 0.400. The molecule has 8 nitrogen and oxygen atoms in total. The molecule has 4 atom stereocenters. The molecule has 0 bridgehead atoms. The summed E-state index contributed by atoms with van der Waals surface area (Å²) in [5.74, 6) is 0. The van der Waals surface area contributed by atoms with Crippen molar-refractivity contribution in [3.63, 3.8) is 0 Å². The van der Waals surface area contributed by atoms with Crippen molar-refractivity contribution in [3.05, 3.63) is 82.2 Å². The molecule has 0 amide bonds. The lowest BCUT2D eigenvalue weighted by Gasteiger charge is -2.32. The first kappa shape index (κ1) is 20.3. The summed E-state index contributed by atoms with van der Waals surface area (Å²) < 4.78 is 17.6. The van der Waals surface area contributed by atoms with Crippen molar-refractivity contribution in [2.45, 2.75) is 37.3 Å². The molecular weight excluding hydrogens is 362 g/mol. The Morgan fingerprint density at radius 1 is 1.04 bits per heavy atom. The second-order valence-corrected chi connectivity index (χ2v) is 6.58. The number of rotatable bonds is 9. The highest BCUT2D eigenvalue weighted by Crippen LogP contribution is 2.31. The molecule has 0 unspecified atom stereocenters. The molecule has 2 aromatic rings. The van der Waals surface area contributed by atoms with Crippen molar-refractivity contribution >= 4 is 0 Å². The van der Waals surface area contributed by atoms with Crippen molar-refractivity contribution in [1.82, 2.24) is 0 Å². The molecule has 0 aromatic heterocycles. The number of nitrogens with zero attached hydrogens (tertiary/aromatic N) is 3. The van der Waals surface area contributed by atoms with Crippen molar-refractivity contribution in [2.24, 2.45) is 5.11 Å². The van der Waals surface area contributed by atoms with E-state index in [-0.39, 0.29) is 13.2 Å². The van der Waals surface area contributed by atoms with Crippen molar-refractivity contribution in [1.29, 1.82) is 0 Å². The third-order valence-electron chi connectivity index (χ3n) is 4.60. The quantitative estimate of drug-likeness (QED) is 0.391. The van der Waals surface area contributed by atoms with Gasteiger partial charge in [-0.3, -0.25) is 0 Å². The Balaban J connectivity index is 1.74. The van der Waals surface area contributed by atoms with E-state index in [2.05, 4.69) is 10.0 Å². The zero-order valence-electron chi connectivity index (χ0n) is 15.3. The molecule has 0 aliphatic carbocycles. The maximum atomic E-state index is 10.6. The van der Waals surface area contributed by atoms with Crippen LogP contribution in [0.25, 0.3) is 10.4 Å². The van der Waals surface area contributed by atoms with Crippen LogP contribution in [0.5, 0.6) is 0 Å². The van der Waals surface area contributed by atoms with Crippen LogP contribution in [0, 0.1) is 0 Å². The standard InChI is InChI=1S/C20H23N3O5/c21-23-22-20(25,14-24)19-18(27-12-16-9-5-2-6-10-16)17(13-28-19)26-11-15-7-3-1-4-8-15/h1-10,17-19,24-25H,11-14H2/t17-,18+,19+,20-/m0/s1. The lowest BCUT2D eigenvalue weighted by molar-refractivity contribution is -0.154. The fourth-order valence-electron chi connectivity index (χ4n) is 3.12. The van der Waals surface area contributed by atoms with Gasteiger partial charge in [-0.1, -0.05) is 65.8 Å². The summed E-state index contributed by atoms with van der Waals surface area (Å²) in [6.07, 6.45) is -2.29. The Bertz CT molecular complexity index is 785. The summed E-state index contributed by atoms with van der Waals surface area (Å²) in [7, 11) is 0. The van der Waals surface area contributed by atoms with Crippen LogP contribution in [0.2, 0.25) is 0 Å². The van der Waals surface area contributed by atoms with Gasteiger partial charge in [0.25, 0.3) is 0 Å². The minimum absolute atomic E-state index is 0.139. The summed E-state index contributed by atoms with van der Waals surface area (Å²) in [4.78, 5) is 2.63. The minimum Gasteiger partial charge on any atom is -0.393 e. The minimum atomic E-state index is -2.14. The van der Waals surface area contributed by atoms with Gasteiger partial charge in [-0.15, -0.1) is 0 Å². The number of azide groups is 1. The van der Waals surface area contributed by atoms with Crippen molar-refractivity contribution in [2.75, 3.05) is 13.2 Å². The molecule has 1 saturated heterocycles. The van der Waals surface area contributed by atoms with Gasteiger partial charge < -0.3 is 24.4 Å². The number of hydrogen-bond donors (Lipinski definition) is 2. The van der Waals surface area contributed by atoms with Gasteiger partial charge in [-0.25, -0.2) is 0 Å². The van der Waals surface area contributed by atoms with Gasteiger partial charge in [-0.05, 0) is 16.7 Å². The van der Waals surface area contributed by atoms with Gasteiger partial charge >= 0.3 is 0 Å². The van der Waals surface area contributed by atoms with Gasteiger partial charge in [0, 0.05) is 4.91 Å². The molecule has 28 heavy (non-hydrogen) atoms. The maximum absolute atomic E-state index is 10.6. The van der Waals surface area contributed by atoms with Crippen LogP contribution in [0.1, 0.15) is 11.1 Å². The number of ether oxygens (including phenoxy) is 3. The number of aliphatic hydroxyl groups excluding tert-OH is 1. The molecule has 0 spiro atoms. The smallest absolute Gasteiger partial charge is 0.195 e. The van der Waals surface area contributed by atoms with Gasteiger partial charge in [0.2, 0.25) is 0 Å².